The fourth-order valence-electron chi connectivity index (χ4n) is 3.64. The summed E-state index contributed by atoms with van der Waals surface area (Å²) in [4.78, 5) is 29.2. The maximum absolute atomic E-state index is 13.2. The zero-order valence-electron chi connectivity index (χ0n) is 17.0. The molecular weight excluding hydrogens is 418 g/mol. The predicted molar refractivity (Wildman–Crippen MR) is 117 cm³/mol. The summed E-state index contributed by atoms with van der Waals surface area (Å²) in [7, 11) is 1.52. The lowest BCUT2D eigenvalue weighted by Crippen LogP contribution is -2.50. The molecule has 1 aliphatic rings. The maximum Gasteiger partial charge on any atom is 0.257 e. The smallest absolute Gasteiger partial charge is 0.257 e. The van der Waals surface area contributed by atoms with Crippen LogP contribution in [-0.4, -0.2) is 64.6 Å². The van der Waals surface area contributed by atoms with E-state index in [-0.39, 0.29) is 17.6 Å². The molecular formula is C23H22ClN3O4. The van der Waals surface area contributed by atoms with Gasteiger partial charge in [0.2, 0.25) is 0 Å². The van der Waals surface area contributed by atoms with E-state index in [1.165, 1.54) is 19.2 Å². The van der Waals surface area contributed by atoms with Gasteiger partial charge < -0.3 is 24.2 Å². The second-order valence-corrected chi connectivity index (χ2v) is 7.63. The Kier molecular flexibility index (Phi) is 5.86. The lowest BCUT2D eigenvalue weighted by molar-refractivity contribution is 0.0533. The van der Waals surface area contributed by atoms with Crippen LogP contribution in [-0.2, 0) is 0 Å². The number of amides is 2. The van der Waals surface area contributed by atoms with Gasteiger partial charge in [-0.1, -0.05) is 11.6 Å². The number of ether oxygens (including phenoxy) is 1. The van der Waals surface area contributed by atoms with Crippen LogP contribution in [0.4, 0.5) is 0 Å². The monoisotopic (exact) mass is 439 g/mol. The number of hydrogen-bond acceptors (Lipinski definition) is 4. The molecule has 0 spiro atoms. The van der Waals surface area contributed by atoms with Crippen molar-refractivity contribution in [1.29, 1.82) is 0 Å². The maximum atomic E-state index is 13.2. The van der Waals surface area contributed by atoms with Crippen LogP contribution in [0.1, 0.15) is 20.7 Å². The second kappa shape index (κ2) is 8.73. The van der Waals surface area contributed by atoms with Gasteiger partial charge in [-0.3, -0.25) is 9.59 Å². The summed E-state index contributed by atoms with van der Waals surface area (Å²) >= 11 is 6.46. The molecule has 2 amide bonds. The number of hydrogen-bond donors (Lipinski definition) is 1. The fourth-order valence-corrected chi connectivity index (χ4v) is 3.90. The number of benzene rings is 2. The molecule has 31 heavy (non-hydrogen) atoms. The number of carbonyl (C=O) groups is 2. The molecule has 1 aliphatic heterocycles. The summed E-state index contributed by atoms with van der Waals surface area (Å²) in [5.41, 5.74) is 1.62. The standard InChI is InChI=1S/C23H22ClN3O4/c1-31-21-15-20(25-8-2-3-9-25)19(24)14-18(21)23(30)27-12-10-26(11-13-27)22(29)16-4-6-17(28)7-5-16/h2-9,14-15,28H,10-13H2,1H3. The largest absolute Gasteiger partial charge is 0.508 e. The predicted octanol–water partition coefficient (Wildman–Crippen LogP) is 3.44. The van der Waals surface area contributed by atoms with Crippen LogP contribution in [0.2, 0.25) is 5.02 Å². The average Bonchev–Trinajstić information content (AvgIpc) is 3.33. The first-order valence-corrected chi connectivity index (χ1v) is 10.2. The molecule has 1 saturated heterocycles. The summed E-state index contributed by atoms with van der Waals surface area (Å²) in [5.74, 6) is 0.251. The molecule has 160 valence electrons. The highest BCUT2D eigenvalue weighted by Gasteiger charge is 2.27. The summed E-state index contributed by atoms with van der Waals surface area (Å²) in [5, 5.41) is 9.84. The Morgan fingerprint density at radius 3 is 2.10 bits per heavy atom. The summed E-state index contributed by atoms with van der Waals surface area (Å²) in [6.45, 7) is 1.65. The zero-order chi connectivity index (χ0) is 22.0. The highest BCUT2D eigenvalue weighted by Crippen LogP contribution is 2.31. The van der Waals surface area contributed by atoms with Crippen molar-refractivity contribution in [3.05, 3.63) is 77.1 Å². The minimum atomic E-state index is -0.186. The molecule has 0 radical (unpaired) electrons. The second-order valence-electron chi connectivity index (χ2n) is 7.23. The number of aromatic hydroxyl groups is 1. The molecule has 0 aliphatic carbocycles. The van der Waals surface area contributed by atoms with Crippen LogP contribution < -0.4 is 4.74 Å². The van der Waals surface area contributed by atoms with Gasteiger partial charge in [-0.15, -0.1) is 0 Å². The third-order valence-electron chi connectivity index (χ3n) is 5.35. The molecule has 2 heterocycles. The quantitative estimate of drug-likeness (QED) is 0.675. The number of methoxy groups -OCH3 is 1. The van der Waals surface area contributed by atoms with Crippen molar-refractivity contribution in [1.82, 2.24) is 14.4 Å². The molecule has 1 aromatic heterocycles. The van der Waals surface area contributed by atoms with Gasteiger partial charge in [0.1, 0.15) is 11.5 Å². The van der Waals surface area contributed by atoms with E-state index in [1.54, 1.807) is 34.1 Å². The molecule has 8 heteroatoms. The van der Waals surface area contributed by atoms with Crippen LogP contribution in [0, 0.1) is 0 Å². The highest BCUT2D eigenvalue weighted by molar-refractivity contribution is 6.33. The van der Waals surface area contributed by atoms with Gasteiger partial charge >= 0.3 is 0 Å². The molecule has 1 N–H and O–H groups in total. The Labute approximate surface area is 185 Å². The molecule has 0 atom stereocenters. The van der Waals surface area contributed by atoms with Gasteiger partial charge in [0.05, 0.1) is 23.4 Å². The molecule has 0 saturated carbocycles. The molecule has 0 bridgehead atoms. The summed E-state index contributed by atoms with van der Waals surface area (Å²) < 4.78 is 7.33. The first kappa shape index (κ1) is 20.8. The van der Waals surface area contributed by atoms with Gasteiger partial charge in [-0.2, -0.15) is 0 Å². The van der Waals surface area contributed by atoms with Crippen LogP contribution in [0.25, 0.3) is 5.69 Å². The molecule has 3 aromatic rings. The van der Waals surface area contributed by atoms with Crippen LogP contribution in [0.3, 0.4) is 0 Å². The third kappa shape index (κ3) is 4.22. The lowest BCUT2D eigenvalue weighted by atomic mass is 10.1. The van der Waals surface area contributed by atoms with Gasteiger partial charge in [-0.05, 0) is 42.5 Å². The topological polar surface area (TPSA) is 75.0 Å². The Morgan fingerprint density at radius 1 is 0.935 bits per heavy atom. The van der Waals surface area contributed by atoms with E-state index in [2.05, 4.69) is 0 Å². The Morgan fingerprint density at radius 2 is 1.52 bits per heavy atom. The fraction of sp³-hybridized carbons (Fsp3) is 0.217. The normalized spacial score (nSPS) is 13.9. The molecule has 1 fully saturated rings. The van der Waals surface area contributed by atoms with Crippen molar-refractivity contribution in [2.45, 2.75) is 0 Å². The van der Waals surface area contributed by atoms with Crippen molar-refractivity contribution in [3.8, 4) is 17.2 Å². The van der Waals surface area contributed by atoms with Crippen molar-refractivity contribution in [3.63, 3.8) is 0 Å². The van der Waals surface area contributed by atoms with Crippen molar-refractivity contribution in [2.24, 2.45) is 0 Å². The minimum absolute atomic E-state index is 0.113. The number of phenolic OH excluding ortho intramolecular Hbond substituents is 1. The van der Waals surface area contributed by atoms with Crippen LogP contribution in [0.15, 0.2) is 60.9 Å². The SMILES string of the molecule is COc1cc(-n2cccc2)c(Cl)cc1C(=O)N1CCN(C(=O)c2ccc(O)cc2)CC1. The van der Waals surface area contributed by atoms with Crippen molar-refractivity contribution >= 4 is 23.4 Å². The summed E-state index contributed by atoms with van der Waals surface area (Å²) in [6.07, 6.45) is 3.74. The van der Waals surface area contributed by atoms with Gasteiger partial charge in [0.15, 0.2) is 0 Å². The van der Waals surface area contributed by atoms with E-state index in [1.807, 2.05) is 29.1 Å². The Hall–Kier alpha value is -3.45. The van der Waals surface area contributed by atoms with E-state index in [0.29, 0.717) is 48.1 Å². The van der Waals surface area contributed by atoms with Gasteiger partial charge in [-0.25, -0.2) is 0 Å². The van der Waals surface area contributed by atoms with Crippen molar-refractivity contribution < 1.29 is 19.4 Å². The molecule has 0 unspecified atom stereocenters. The summed E-state index contributed by atoms with van der Waals surface area (Å²) in [6, 6.07) is 13.3. The van der Waals surface area contributed by atoms with Crippen molar-refractivity contribution in [2.75, 3.05) is 33.3 Å². The number of aromatic nitrogens is 1. The highest BCUT2D eigenvalue weighted by atomic mass is 35.5. The van der Waals surface area contributed by atoms with E-state index in [4.69, 9.17) is 16.3 Å². The van der Waals surface area contributed by atoms with Gasteiger partial charge in [0.25, 0.3) is 11.8 Å². The molecule has 7 nitrogen and oxygen atoms in total. The number of carbonyl (C=O) groups excluding carboxylic acids is 2. The number of rotatable bonds is 4. The Balaban J connectivity index is 1.48. The van der Waals surface area contributed by atoms with Crippen LogP contribution >= 0.6 is 11.6 Å². The first-order chi connectivity index (χ1) is 15.0. The van der Waals surface area contributed by atoms with E-state index < -0.39 is 0 Å². The van der Waals surface area contributed by atoms with E-state index >= 15 is 0 Å². The number of piperazine rings is 1. The van der Waals surface area contributed by atoms with Gasteiger partial charge in [0, 0.05) is 50.2 Å². The molecule has 4 rings (SSSR count). The zero-order valence-corrected chi connectivity index (χ0v) is 17.7. The Bertz CT molecular complexity index is 1090. The molecule has 2 aromatic carbocycles. The first-order valence-electron chi connectivity index (χ1n) is 9.86. The minimum Gasteiger partial charge on any atom is -0.508 e. The van der Waals surface area contributed by atoms with E-state index in [0.717, 1.165) is 5.69 Å². The number of halogens is 1. The average molecular weight is 440 g/mol. The van der Waals surface area contributed by atoms with Crippen LogP contribution in [0.5, 0.6) is 11.5 Å². The lowest BCUT2D eigenvalue weighted by Gasteiger charge is -2.35. The number of phenols is 1. The third-order valence-corrected chi connectivity index (χ3v) is 5.65. The number of nitrogens with zero attached hydrogens (tertiary/aromatic N) is 3. The van der Waals surface area contributed by atoms with E-state index in [9.17, 15) is 14.7 Å².